The van der Waals surface area contributed by atoms with E-state index in [0.717, 1.165) is 0 Å². The molecule has 0 saturated heterocycles. The number of carbonyl (C=O) groups excluding carboxylic acids is 1. The lowest BCUT2D eigenvalue weighted by Crippen LogP contribution is -1.95. The summed E-state index contributed by atoms with van der Waals surface area (Å²) in [5.41, 5.74) is 0.251. The highest BCUT2D eigenvalue weighted by atomic mass is 35.5. The van der Waals surface area contributed by atoms with Crippen LogP contribution in [0.2, 0.25) is 5.02 Å². The predicted molar refractivity (Wildman–Crippen MR) is 56.0 cm³/mol. The number of terminal acetylenes is 1. The SMILES string of the molecule is C#CCOc1ccc(C(=O)Cl)c(Cl)c1. The van der Waals surface area contributed by atoms with Gasteiger partial charge in [0, 0.05) is 0 Å². The van der Waals surface area contributed by atoms with E-state index in [1.165, 1.54) is 12.1 Å². The predicted octanol–water partition coefficient (Wildman–Crippen LogP) is 2.73. The van der Waals surface area contributed by atoms with Crippen molar-refractivity contribution in [1.29, 1.82) is 0 Å². The molecule has 0 radical (unpaired) electrons. The molecule has 0 bridgehead atoms. The summed E-state index contributed by atoms with van der Waals surface area (Å²) in [6.07, 6.45) is 5.01. The summed E-state index contributed by atoms with van der Waals surface area (Å²) in [6.45, 7) is 0.157. The summed E-state index contributed by atoms with van der Waals surface area (Å²) in [7, 11) is 0. The van der Waals surface area contributed by atoms with Crippen LogP contribution in [-0.2, 0) is 0 Å². The van der Waals surface area contributed by atoms with Gasteiger partial charge in [-0.15, -0.1) is 6.42 Å². The van der Waals surface area contributed by atoms with Crippen molar-refractivity contribution in [3.63, 3.8) is 0 Å². The lowest BCUT2D eigenvalue weighted by molar-refractivity contribution is 0.108. The van der Waals surface area contributed by atoms with Gasteiger partial charge in [0.25, 0.3) is 5.24 Å². The third-order valence-corrected chi connectivity index (χ3v) is 1.99. The topological polar surface area (TPSA) is 26.3 Å². The van der Waals surface area contributed by atoms with Gasteiger partial charge in [0.05, 0.1) is 10.6 Å². The van der Waals surface area contributed by atoms with E-state index >= 15 is 0 Å². The Bertz CT molecular complexity index is 394. The number of hydrogen-bond donors (Lipinski definition) is 0. The van der Waals surface area contributed by atoms with Crippen molar-refractivity contribution in [3.8, 4) is 18.1 Å². The highest BCUT2D eigenvalue weighted by Crippen LogP contribution is 2.23. The molecule has 1 aromatic carbocycles. The third kappa shape index (κ3) is 2.66. The molecule has 0 saturated carbocycles. The monoisotopic (exact) mass is 228 g/mol. The van der Waals surface area contributed by atoms with Crippen molar-refractivity contribution >= 4 is 28.4 Å². The largest absolute Gasteiger partial charge is 0.481 e. The first-order chi connectivity index (χ1) is 6.65. The molecule has 0 aromatic heterocycles. The van der Waals surface area contributed by atoms with E-state index in [0.29, 0.717) is 5.75 Å². The zero-order chi connectivity index (χ0) is 10.6. The fraction of sp³-hybridized carbons (Fsp3) is 0.100. The fourth-order valence-corrected chi connectivity index (χ4v) is 1.34. The summed E-state index contributed by atoms with van der Waals surface area (Å²) in [4.78, 5) is 10.8. The first-order valence-corrected chi connectivity index (χ1v) is 4.46. The number of benzene rings is 1. The molecule has 0 spiro atoms. The van der Waals surface area contributed by atoms with E-state index in [2.05, 4.69) is 5.92 Å². The van der Waals surface area contributed by atoms with Crippen LogP contribution < -0.4 is 4.74 Å². The Morgan fingerprint density at radius 1 is 1.57 bits per heavy atom. The molecule has 0 heterocycles. The van der Waals surface area contributed by atoms with Gasteiger partial charge in [0.1, 0.15) is 12.4 Å². The highest BCUT2D eigenvalue weighted by molar-refractivity contribution is 6.68. The highest BCUT2D eigenvalue weighted by Gasteiger charge is 2.07. The average Bonchev–Trinajstić information content (AvgIpc) is 2.14. The van der Waals surface area contributed by atoms with E-state index in [-0.39, 0.29) is 17.2 Å². The van der Waals surface area contributed by atoms with Crippen LogP contribution in [0.4, 0.5) is 0 Å². The number of rotatable bonds is 3. The van der Waals surface area contributed by atoms with Crippen LogP contribution in [0.25, 0.3) is 0 Å². The van der Waals surface area contributed by atoms with Gasteiger partial charge in [0.2, 0.25) is 0 Å². The lowest BCUT2D eigenvalue weighted by atomic mass is 10.2. The van der Waals surface area contributed by atoms with Crippen LogP contribution in [0.1, 0.15) is 10.4 Å². The van der Waals surface area contributed by atoms with Crippen molar-refractivity contribution in [2.24, 2.45) is 0 Å². The summed E-state index contributed by atoms with van der Waals surface area (Å²) in [5.74, 6) is 2.82. The lowest BCUT2D eigenvalue weighted by Gasteiger charge is -2.04. The van der Waals surface area contributed by atoms with Crippen LogP contribution in [0.3, 0.4) is 0 Å². The van der Waals surface area contributed by atoms with Crippen LogP contribution in [-0.4, -0.2) is 11.8 Å². The first-order valence-electron chi connectivity index (χ1n) is 3.71. The smallest absolute Gasteiger partial charge is 0.253 e. The van der Waals surface area contributed by atoms with Crippen molar-refractivity contribution in [1.82, 2.24) is 0 Å². The van der Waals surface area contributed by atoms with Gasteiger partial charge in [-0.1, -0.05) is 17.5 Å². The van der Waals surface area contributed by atoms with Gasteiger partial charge >= 0.3 is 0 Å². The second-order valence-electron chi connectivity index (χ2n) is 2.41. The molecule has 14 heavy (non-hydrogen) atoms. The van der Waals surface area contributed by atoms with Crippen LogP contribution in [0, 0.1) is 12.3 Å². The molecular formula is C10H6Cl2O2. The number of halogens is 2. The Balaban J connectivity index is 2.90. The molecule has 1 aromatic rings. The average molecular weight is 229 g/mol. The molecular weight excluding hydrogens is 223 g/mol. The fourth-order valence-electron chi connectivity index (χ4n) is 0.870. The van der Waals surface area contributed by atoms with Gasteiger partial charge in [-0.05, 0) is 29.8 Å². The van der Waals surface area contributed by atoms with Crippen molar-refractivity contribution < 1.29 is 9.53 Å². The Hall–Kier alpha value is -1.17. The Kier molecular flexibility index (Phi) is 3.82. The first kappa shape index (κ1) is 10.9. The second kappa shape index (κ2) is 4.90. The molecule has 72 valence electrons. The van der Waals surface area contributed by atoms with E-state index in [1.54, 1.807) is 6.07 Å². The van der Waals surface area contributed by atoms with E-state index < -0.39 is 5.24 Å². The minimum Gasteiger partial charge on any atom is -0.481 e. The van der Waals surface area contributed by atoms with Gasteiger partial charge in [-0.2, -0.15) is 0 Å². The minimum absolute atomic E-state index is 0.157. The van der Waals surface area contributed by atoms with Crippen LogP contribution >= 0.6 is 23.2 Å². The maximum atomic E-state index is 10.8. The third-order valence-electron chi connectivity index (χ3n) is 1.47. The van der Waals surface area contributed by atoms with E-state index in [9.17, 15) is 4.79 Å². The molecule has 0 atom stereocenters. The molecule has 0 aliphatic carbocycles. The zero-order valence-electron chi connectivity index (χ0n) is 7.09. The van der Waals surface area contributed by atoms with Crippen molar-refractivity contribution in [3.05, 3.63) is 28.8 Å². The Morgan fingerprint density at radius 2 is 2.29 bits per heavy atom. The molecule has 0 fully saturated rings. The molecule has 0 unspecified atom stereocenters. The zero-order valence-corrected chi connectivity index (χ0v) is 8.60. The van der Waals surface area contributed by atoms with Gasteiger partial charge in [-0.25, -0.2) is 0 Å². The Labute approximate surface area is 91.8 Å². The number of hydrogen-bond acceptors (Lipinski definition) is 2. The molecule has 0 amide bonds. The van der Waals surface area contributed by atoms with Gasteiger partial charge < -0.3 is 4.74 Å². The maximum Gasteiger partial charge on any atom is 0.253 e. The quantitative estimate of drug-likeness (QED) is 0.588. The second-order valence-corrected chi connectivity index (χ2v) is 3.16. The summed E-state index contributed by atoms with van der Waals surface area (Å²) in [5, 5.41) is -0.349. The van der Waals surface area contributed by atoms with Gasteiger partial charge in [-0.3, -0.25) is 4.79 Å². The van der Waals surface area contributed by atoms with Gasteiger partial charge in [0.15, 0.2) is 0 Å². The standard InChI is InChI=1S/C10H6Cl2O2/c1-2-5-14-7-3-4-8(10(12)13)9(11)6-7/h1,3-4,6H,5H2. The normalized spacial score (nSPS) is 9.21. The number of ether oxygens (including phenoxy) is 1. The molecule has 0 aliphatic heterocycles. The van der Waals surface area contributed by atoms with Crippen LogP contribution in [0.15, 0.2) is 18.2 Å². The number of carbonyl (C=O) groups is 1. The van der Waals surface area contributed by atoms with E-state index in [4.69, 9.17) is 34.4 Å². The van der Waals surface area contributed by atoms with E-state index in [1.807, 2.05) is 0 Å². The molecule has 0 N–H and O–H groups in total. The van der Waals surface area contributed by atoms with Crippen molar-refractivity contribution in [2.45, 2.75) is 0 Å². The summed E-state index contributed by atoms with van der Waals surface area (Å²) < 4.78 is 5.10. The summed E-state index contributed by atoms with van der Waals surface area (Å²) in [6, 6.07) is 4.57. The Morgan fingerprint density at radius 3 is 2.79 bits per heavy atom. The molecule has 0 aliphatic rings. The minimum atomic E-state index is -0.599. The summed E-state index contributed by atoms with van der Waals surface area (Å²) >= 11 is 11.0. The molecule has 1 rings (SSSR count). The van der Waals surface area contributed by atoms with Crippen molar-refractivity contribution in [2.75, 3.05) is 6.61 Å². The maximum absolute atomic E-state index is 10.8. The molecule has 2 nitrogen and oxygen atoms in total. The van der Waals surface area contributed by atoms with Crippen LogP contribution in [0.5, 0.6) is 5.75 Å². The molecule has 4 heteroatoms.